The van der Waals surface area contributed by atoms with Crippen LogP contribution in [0, 0.1) is 0 Å². The Morgan fingerprint density at radius 3 is 2.48 bits per heavy atom. The summed E-state index contributed by atoms with van der Waals surface area (Å²) in [6, 6.07) is 19.2. The molecule has 0 aliphatic heterocycles. The summed E-state index contributed by atoms with van der Waals surface area (Å²) in [6.45, 7) is 2.60. The molecule has 0 N–H and O–H groups in total. The molecule has 3 heteroatoms. The summed E-state index contributed by atoms with van der Waals surface area (Å²) in [5.74, 6) is 0.00213. The highest BCUT2D eigenvalue weighted by Crippen LogP contribution is 2.21. The van der Waals surface area contributed by atoms with Crippen molar-refractivity contribution in [1.82, 2.24) is 4.98 Å². The molecule has 0 aliphatic rings. The van der Waals surface area contributed by atoms with Gasteiger partial charge in [-0.05, 0) is 31.2 Å². The first kappa shape index (κ1) is 13.3. The van der Waals surface area contributed by atoms with Crippen molar-refractivity contribution in [3.8, 4) is 0 Å². The van der Waals surface area contributed by atoms with E-state index < -0.39 is 0 Å². The number of para-hydroxylation sites is 2. The standard InChI is InChI=1S/C18H16N2O/c1-2-20(14-8-4-3-5-9-14)18(21)16-12-13-19-17-11-7-6-10-15(16)17/h3-13H,2H2,1H3. The van der Waals surface area contributed by atoms with Crippen LogP contribution in [0.2, 0.25) is 0 Å². The average Bonchev–Trinajstić information content (AvgIpc) is 2.56. The first-order chi connectivity index (χ1) is 10.3. The number of carbonyl (C=O) groups excluding carboxylic acids is 1. The molecular weight excluding hydrogens is 260 g/mol. The van der Waals surface area contributed by atoms with E-state index in [0.717, 1.165) is 16.6 Å². The number of hydrogen-bond acceptors (Lipinski definition) is 2. The molecule has 1 amide bonds. The van der Waals surface area contributed by atoms with Gasteiger partial charge in [0.05, 0.1) is 11.1 Å². The van der Waals surface area contributed by atoms with E-state index in [4.69, 9.17) is 0 Å². The molecule has 0 fully saturated rings. The molecule has 0 aliphatic carbocycles. The van der Waals surface area contributed by atoms with Crippen LogP contribution in [-0.4, -0.2) is 17.4 Å². The van der Waals surface area contributed by atoms with Gasteiger partial charge in [-0.25, -0.2) is 0 Å². The fourth-order valence-corrected chi connectivity index (χ4v) is 2.48. The van der Waals surface area contributed by atoms with E-state index in [9.17, 15) is 4.79 Å². The third-order valence-corrected chi connectivity index (χ3v) is 3.51. The normalized spacial score (nSPS) is 10.5. The second kappa shape index (κ2) is 5.75. The molecule has 0 atom stereocenters. The Morgan fingerprint density at radius 1 is 1.00 bits per heavy atom. The smallest absolute Gasteiger partial charge is 0.259 e. The lowest BCUT2D eigenvalue weighted by Gasteiger charge is -2.21. The summed E-state index contributed by atoms with van der Waals surface area (Å²) >= 11 is 0. The molecule has 3 rings (SSSR count). The minimum Gasteiger partial charge on any atom is -0.309 e. The first-order valence-corrected chi connectivity index (χ1v) is 7.02. The summed E-state index contributed by atoms with van der Waals surface area (Å²) in [4.78, 5) is 19.0. The summed E-state index contributed by atoms with van der Waals surface area (Å²) in [5.41, 5.74) is 2.43. The van der Waals surface area contributed by atoms with Crippen LogP contribution < -0.4 is 4.90 Å². The minimum absolute atomic E-state index is 0.00213. The van der Waals surface area contributed by atoms with Crippen molar-refractivity contribution in [2.24, 2.45) is 0 Å². The van der Waals surface area contributed by atoms with Gasteiger partial charge >= 0.3 is 0 Å². The lowest BCUT2D eigenvalue weighted by atomic mass is 10.1. The lowest BCUT2D eigenvalue weighted by molar-refractivity contribution is 0.0990. The summed E-state index contributed by atoms with van der Waals surface area (Å²) < 4.78 is 0. The lowest BCUT2D eigenvalue weighted by Crippen LogP contribution is -2.30. The van der Waals surface area contributed by atoms with Crippen molar-refractivity contribution in [1.29, 1.82) is 0 Å². The van der Waals surface area contributed by atoms with Crippen LogP contribution in [0.1, 0.15) is 17.3 Å². The molecule has 104 valence electrons. The zero-order valence-electron chi connectivity index (χ0n) is 11.9. The van der Waals surface area contributed by atoms with Crippen molar-refractivity contribution in [3.63, 3.8) is 0 Å². The molecule has 0 bridgehead atoms. The number of anilines is 1. The van der Waals surface area contributed by atoms with Crippen LogP contribution in [0.25, 0.3) is 10.9 Å². The van der Waals surface area contributed by atoms with Crippen LogP contribution in [0.5, 0.6) is 0 Å². The van der Waals surface area contributed by atoms with E-state index in [1.54, 1.807) is 17.2 Å². The third-order valence-electron chi connectivity index (χ3n) is 3.51. The topological polar surface area (TPSA) is 33.2 Å². The Morgan fingerprint density at radius 2 is 1.71 bits per heavy atom. The largest absolute Gasteiger partial charge is 0.309 e. The van der Waals surface area contributed by atoms with Crippen LogP contribution in [0.15, 0.2) is 66.9 Å². The van der Waals surface area contributed by atoms with Gasteiger partial charge in [-0.2, -0.15) is 0 Å². The zero-order valence-corrected chi connectivity index (χ0v) is 11.9. The number of fused-ring (bicyclic) bond motifs is 1. The molecule has 3 nitrogen and oxygen atoms in total. The van der Waals surface area contributed by atoms with Crippen LogP contribution in [-0.2, 0) is 0 Å². The highest BCUT2D eigenvalue weighted by Gasteiger charge is 2.18. The van der Waals surface area contributed by atoms with Gasteiger partial charge in [-0.1, -0.05) is 36.4 Å². The molecule has 1 aromatic heterocycles. The number of hydrogen-bond donors (Lipinski definition) is 0. The molecule has 21 heavy (non-hydrogen) atoms. The quantitative estimate of drug-likeness (QED) is 0.727. The first-order valence-electron chi connectivity index (χ1n) is 7.02. The van der Waals surface area contributed by atoms with Gasteiger partial charge in [0.25, 0.3) is 5.91 Å². The average molecular weight is 276 g/mol. The van der Waals surface area contributed by atoms with Gasteiger partial charge in [0.1, 0.15) is 0 Å². The number of amides is 1. The molecule has 0 radical (unpaired) electrons. The van der Waals surface area contributed by atoms with Crippen molar-refractivity contribution in [2.45, 2.75) is 6.92 Å². The van der Waals surface area contributed by atoms with Gasteiger partial charge < -0.3 is 4.90 Å². The summed E-state index contributed by atoms with van der Waals surface area (Å²) in [7, 11) is 0. The van der Waals surface area contributed by atoms with Crippen LogP contribution >= 0.6 is 0 Å². The number of carbonyl (C=O) groups is 1. The molecule has 2 aromatic carbocycles. The SMILES string of the molecule is CCN(C(=O)c1ccnc2ccccc12)c1ccccc1. The van der Waals surface area contributed by atoms with Gasteiger partial charge in [0.2, 0.25) is 0 Å². The monoisotopic (exact) mass is 276 g/mol. The minimum atomic E-state index is 0.00213. The van der Waals surface area contributed by atoms with Crippen molar-refractivity contribution >= 4 is 22.5 Å². The molecule has 3 aromatic rings. The highest BCUT2D eigenvalue weighted by atomic mass is 16.2. The summed E-state index contributed by atoms with van der Waals surface area (Å²) in [5, 5.41) is 0.888. The Kier molecular flexibility index (Phi) is 3.65. The van der Waals surface area contributed by atoms with E-state index in [0.29, 0.717) is 12.1 Å². The van der Waals surface area contributed by atoms with E-state index in [1.165, 1.54) is 0 Å². The second-order valence-corrected chi connectivity index (χ2v) is 4.76. The van der Waals surface area contributed by atoms with Crippen LogP contribution in [0.3, 0.4) is 0 Å². The van der Waals surface area contributed by atoms with Gasteiger partial charge in [-0.15, -0.1) is 0 Å². The van der Waals surface area contributed by atoms with E-state index in [2.05, 4.69) is 4.98 Å². The highest BCUT2D eigenvalue weighted by molar-refractivity contribution is 6.13. The Labute approximate surface area is 123 Å². The third kappa shape index (κ3) is 2.50. The van der Waals surface area contributed by atoms with E-state index >= 15 is 0 Å². The van der Waals surface area contributed by atoms with Crippen molar-refractivity contribution in [2.75, 3.05) is 11.4 Å². The fourth-order valence-electron chi connectivity index (χ4n) is 2.48. The van der Waals surface area contributed by atoms with Gasteiger partial charge in [0, 0.05) is 23.8 Å². The van der Waals surface area contributed by atoms with Crippen molar-refractivity contribution in [3.05, 3.63) is 72.4 Å². The maximum Gasteiger partial charge on any atom is 0.259 e. The van der Waals surface area contributed by atoms with E-state index in [1.807, 2.05) is 61.5 Å². The maximum atomic E-state index is 12.9. The molecule has 0 unspecified atom stereocenters. The number of aromatic nitrogens is 1. The van der Waals surface area contributed by atoms with Gasteiger partial charge in [-0.3, -0.25) is 9.78 Å². The predicted octanol–water partition coefficient (Wildman–Crippen LogP) is 3.90. The summed E-state index contributed by atoms with van der Waals surface area (Å²) in [6.07, 6.45) is 1.69. The van der Waals surface area contributed by atoms with Crippen molar-refractivity contribution < 1.29 is 4.79 Å². The molecule has 0 spiro atoms. The molecule has 0 saturated heterocycles. The molecule has 0 saturated carbocycles. The second-order valence-electron chi connectivity index (χ2n) is 4.76. The molecule has 1 heterocycles. The maximum absolute atomic E-state index is 12.9. The fraction of sp³-hybridized carbons (Fsp3) is 0.111. The predicted molar refractivity (Wildman–Crippen MR) is 85.5 cm³/mol. The molecular formula is C18H16N2O. The number of pyridine rings is 1. The Hall–Kier alpha value is -2.68. The number of nitrogens with zero attached hydrogens (tertiary/aromatic N) is 2. The Balaban J connectivity index is 2.07. The van der Waals surface area contributed by atoms with Crippen LogP contribution in [0.4, 0.5) is 5.69 Å². The van der Waals surface area contributed by atoms with Gasteiger partial charge in [0.15, 0.2) is 0 Å². The number of benzene rings is 2. The Bertz CT molecular complexity index is 763. The zero-order chi connectivity index (χ0) is 14.7. The van der Waals surface area contributed by atoms with E-state index in [-0.39, 0.29) is 5.91 Å². The number of rotatable bonds is 3.